The Morgan fingerprint density at radius 1 is 1.24 bits per heavy atom. The standard InChI is InChI=1S/C26H33N3O4S/c1-4-28(20-8-6-5-7-17(20)2)24(30)16-29-21-13-14-34-23(21)15-22(29)25(31)27-19-11-9-18(10-12-19)26(32)33-3/h5-8,13-15,18-19,25,27,31H,4,9-12,16H2,1-3H3. The van der Waals surface area contributed by atoms with Crippen LogP contribution in [0.25, 0.3) is 10.2 Å². The Morgan fingerprint density at radius 2 is 1.97 bits per heavy atom. The van der Waals surface area contributed by atoms with Gasteiger partial charge >= 0.3 is 5.97 Å². The Hall–Kier alpha value is -2.68. The Labute approximate surface area is 204 Å². The molecule has 0 radical (unpaired) electrons. The van der Waals surface area contributed by atoms with E-state index in [0.717, 1.165) is 47.2 Å². The first-order valence-electron chi connectivity index (χ1n) is 11.9. The quantitative estimate of drug-likeness (QED) is 0.367. The summed E-state index contributed by atoms with van der Waals surface area (Å²) in [6, 6.07) is 12.0. The highest BCUT2D eigenvalue weighted by atomic mass is 32.1. The number of esters is 1. The van der Waals surface area contributed by atoms with E-state index in [1.807, 2.05) is 60.2 Å². The molecule has 1 unspecified atom stereocenters. The first kappa shape index (κ1) is 24.4. The molecule has 2 heterocycles. The van der Waals surface area contributed by atoms with Gasteiger partial charge in [-0.05, 0) is 68.7 Å². The summed E-state index contributed by atoms with van der Waals surface area (Å²) in [6.45, 7) is 4.69. The average Bonchev–Trinajstić information content (AvgIpc) is 3.43. The smallest absolute Gasteiger partial charge is 0.308 e. The van der Waals surface area contributed by atoms with Gasteiger partial charge in [0, 0.05) is 18.3 Å². The number of carbonyl (C=O) groups excluding carboxylic acids is 2. The van der Waals surface area contributed by atoms with Crippen LogP contribution < -0.4 is 10.2 Å². The number of likely N-dealkylation sites (N-methyl/N-ethyl adjacent to an activating group) is 1. The van der Waals surface area contributed by atoms with Gasteiger partial charge in [-0.15, -0.1) is 11.3 Å². The number of thiophene rings is 1. The van der Waals surface area contributed by atoms with Crippen molar-refractivity contribution in [3.05, 3.63) is 53.0 Å². The van der Waals surface area contributed by atoms with Crippen LogP contribution in [0.15, 0.2) is 41.8 Å². The normalized spacial score (nSPS) is 19.2. The summed E-state index contributed by atoms with van der Waals surface area (Å²) in [5, 5.41) is 16.4. The van der Waals surface area contributed by atoms with E-state index in [1.165, 1.54) is 7.11 Å². The second-order valence-electron chi connectivity index (χ2n) is 8.89. The topological polar surface area (TPSA) is 83.8 Å². The van der Waals surface area contributed by atoms with Crippen LogP contribution in [0.2, 0.25) is 0 Å². The van der Waals surface area contributed by atoms with Crippen LogP contribution >= 0.6 is 11.3 Å². The number of carbonyl (C=O) groups is 2. The highest BCUT2D eigenvalue weighted by Gasteiger charge is 2.29. The molecule has 1 aliphatic carbocycles. The van der Waals surface area contributed by atoms with Crippen LogP contribution in [0.1, 0.15) is 50.1 Å². The summed E-state index contributed by atoms with van der Waals surface area (Å²) in [6.07, 6.45) is 2.17. The summed E-state index contributed by atoms with van der Waals surface area (Å²) in [7, 11) is 1.43. The first-order chi connectivity index (χ1) is 16.4. The van der Waals surface area contributed by atoms with E-state index in [0.29, 0.717) is 12.2 Å². The third-order valence-corrected chi connectivity index (χ3v) is 7.66. The van der Waals surface area contributed by atoms with Gasteiger partial charge in [-0.1, -0.05) is 18.2 Å². The number of hydrogen-bond acceptors (Lipinski definition) is 6. The van der Waals surface area contributed by atoms with Gasteiger partial charge in [-0.2, -0.15) is 0 Å². The number of aromatic nitrogens is 1. The number of rotatable bonds is 8. The summed E-state index contributed by atoms with van der Waals surface area (Å²) in [4.78, 5) is 27.0. The molecule has 1 aliphatic rings. The van der Waals surface area contributed by atoms with E-state index in [4.69, 9.17) is 4.74 Å². The molecule has 3 aromatic rings. The van der Waals surface area contributed by atoms with E-state index in [-0.39, 0.29) is 30.4 Å². The number of methoxy groups -OCH3 is 1. The number of ether oxygens (including phenoxy) is 1. The zero-order chi connectivity index (χ0) is 24.2. The third-order valence-electron chi connectivity index (χ3n) is 6.81. The minimum atomic E-state index is -0.902. The molecular formula is C26H33N3O4S. The van der Waals surface area contributed by atoms with E-state index in [1.54, 1.807) is 16.2 Å². The number of amides is 1. The van der Waals surface area contributed by atoms with Crippen LogP contribution in [0.3, 0.4) is 0 Å². The largest absolute Gasteiger partial charge is 0.469 e. The molecule has 0 spiro atoms. The molecule has 1 amide bonds. The van der Waals surface area contributed by atoms with Crippen molar-refractivity contribution in [3.63, 3.8) is 0 Å². The molecule has 182 valence electrons. The summed E-state index contributed by atoms with van der Waals surface area (Å²) >= 11 is 1.60. The Kier molecular flexibility index (Phi) is 7.70. The predicted molar refractivity (Wildman–Crippen MR) is 135 cm³/mol. The lowest BCUT2D eigenvalue weighted by atomic mass is 9.86. The molecule has 2 aromatic heterocycles. The van der Waals surface area contributed by atoms with Crippen molar-refractivity contribution in [2.24, 2.45) is 5.92 Å². The van der Waals surface area contributed by atoms with E-state index in [2.05, 4.69) is 5.32 Å². The number of nitrogens with one attached hydrogen (secondary N) is 1. The van der Waals surface area contributed by atoms with Gasteiger partial charge in [0.2, 0.25) is 5.91 Å². The van der Waals surface area contributed by atoms with E-state index in [9.17, 15) is 14.7 Å². The molecule has 0 saturated heterocycles. The monoisotopic (exact) mass is 483 g/mol. The van der Waals surface area contributed by atoms with Gasteiger partial charge in [-0.3, -0.25) is 14.9 Å². The highest BCUT2D eigenvalue weighted by molar-refractivity contribution is 7.17. The van der Waals surface area contributed by atoms with Crippen molar-refractivity contribution >= 4 is 39.1 Å². The maximum atomic E-state index is 13.4. The molecule has 1 aromatic carbocycles. The molecule has 0 bridgehead atoms. The number of anilines is 1. The maximum Gasteiger partial charge on any atom is 0.308 e. The number of benzene rings is 1. The zero-order valence-electron chi connectivity index (χ0n) is 20.0. The molecule has 34 heavy (non-hydrogen) atoms. The van der Waals surface area contributed by atoms with Crippen LogP contribution in [0.4, 0.5) is 5.69 Å². The third kappa shape index (κ3) is 5.04. The zero-order valence-corrected chi connectivity index (χ0v) is 20.8. The lowest BCUT2D eigenvalue weighted by Crippen LogP contribution is -2.39. The maximum absolute atomic E-state index is 13.4. The minimum absolute atomic E-state index is 0.0208. The van der Waals surface area contributed by atoms with Crippen molar-refractivity contribution in [1.82, 2.24) is 9.88 Å². The van der Waals surface area contributed by atoms with Crippen molar-refractivity contribution in [2.45, 2.75) is 58.3 Å². The highest BCUT2D eigenvalue weighted by Crippen LogP contribution is 2.31. The van der Waals surface area contributed by atoms with Crippen LogP contribution in [-0.4, -0.2) is 41.2 Å². The van der Waals surface area contributed by atoms with Gasteiger partial charge < -0.3 is 19.3 Å². The number of hydrogen-bond donors (Lipinski definition) is 2. The lowest BCUT2D eigenvalue weighted by molar-refractivity contribution is -0.146. The average molecular weight is 484 g/mol. The van der Waals surface area contributed by atoms with Crippen LogP contribution in [-0.2, 0) is 20.9 Å². The number of aliphatic hydroxyl groups excluding tert-OH is 1. The Morgan fingerprint density at radius 3 is 2.65 bits per heavy atom. The molecule has 2 N–H and O–H groups in total. The van der Waals surface area contributed by atoms with Crippen LogP contribution in [0, 0.1) is 12.8 Å². The van der Waals surface area contributed by atoms with Gasteiger partial charge in [0.1, 0.15) is 12.8 Å². The minimum Gasteiger partial charge on any atom is -0.469 e. The predicted octanol–water partition coefficient (Wildman–Crippen LogP) is 4.38. The second-order valence-corrected chi connectivity index (χ2v) is 9.84. The molecular weight excluding hydrogens is 450 g/mol. The summed E-state index contributed by atoms with van der Waals surface area (Å²) < 4.78 is 7.84. The fraction of sp³-hybridized carbons (Fsp3) is 0.462. The molecule has 1 atom stereocenters. The van der Waals surface area contributed by atoms with Crippen molar-refractivity contribution in [1.29, 1.82) is 0 Å². The van der Waals surface area contributed by atoms with Gasteiger partial charge in [0.05, 0.1) is 28.9 Å². The number of aryl methyl sites for hydroxylation is 1. The summed E-state index contributed by atoms with van der Waals surface area (Å²) in [5.41, 5.74) is 3.59. The van der Waals surface area contributed by atoms with E-state index < -0.39 is 6.23 Å². The fourth-order valence-electron chi connectivity index (χ4n) is 4.94. The fourth-order valence-corrected chi connectivity index (χ4v) is 5.77. The molecule has 1 fully saturated rings. The molecule has 7 nitrogen and oxygen atoms in total. The van der Waals surface area contributed by atoms with Gasteiger partial charge in [-0.25, -0.2) is 0 Å². The number of fused-ring (bicyclic) bond motifs is 1. The van der Waals surface area contributed by atoms with Crippen molar-refractivity contribution in [3.8, 4) is 0 Å². The van der Waals surface area contributed by atoms with Gasteiger partial charge in [0.15, 0.2) is 0 Å². The van der Waals surface area contributed by atoms with Crippen LogP contribution in [0.5, 0.6) is 0 Å². The Balaban J connectivity index is 1.51. The second kappa shape index (κ2) is 10.7. The molecule has 8 heteroatoms. The molecule has 4 rings (SSSR count). The lowest BCUT2D eigenvalue weighted by Gasteiger charge is -2.30. The van der Waals surface area contributed by atoms with Crippen molar-refractivity contribution < 1.29 is 19.4 Å². The first-order valence-corrected chi connectivity index (χ1v) is 12.8. The van der Waals surface area contributed by atoms with Gasteiger partial charge in [0.25, 0.3) is 0 Å². The molecule has 1 saturated carbocycles. The SMILES string of the molecule is CCN(C(=O)Cn1c(C(O)NC2CCC(C(=O)OC)CC2)cc2sccc21)c1ccccc1C. The number of aliphatic hydroxyl groups is 1. The van der Waals surface area contributed by atoms with Crippen molar-refractivity contribution in [2.75, 3.05) is 18.6 Å². The molecule has 0 aliphatic heterocycles. The number of para-hydroxylation sites is 1. The van der Waals surface area contributed by atoms with E-state index >= 15 is 0 Å². The Bertz CT molecular complexity index is 1150. The summed E-state index contributed by atoms with van der Waals surface area (Å²) in [5.74, 6) is -0.234. The number of nitrogens with zero attached hydrogens (tertiary/aromatic N) is 2.